The third-order valence-corrected chi connectivity index (χ3v) is 5.03. The van der Waals surface area contributed by atoms with E-state index in [1.165, 1.54) is 19.3 Å². The normalized spacial score (nSPS) is 28.2. The third kappa shape index (κ3) is 5.06. The van der Waals surface area contributed by atoms with Crippen molar-refractivity contribution in [1.29, 1.82) is 0 Å². The number of piperazine rings is 1. The molecule has 0 aromatic rings. The summed E-state index contributed by atoms with van der Waals surface area (Å²) in [5.74, 6) is 0.702. The highest BCUT2D eigenvalue weighted by Crippen LogP contribution is 2.27. The van der Waals surface area contributed by atoms with E-state index in [0.29, 0.717) is 12.5 Å². The van der Waals surface area contributed by atoms with Crippen molar-refractivity contribution in [3.63, 3.8) is 0 Å². The van der Waals surface area contributed by atoms with Crippen molar-refractivity contribution in [3.05, 3.63) is 0 Å². The maximum atomic E-state index is 12.5. The first-order valence-corrected chi connectivity index (χ1v) is 8.63. The van der Waals surface area contributed by atoms with Gasteiger partial charge in [-0.2, -0.15) is 0 Å². The van der Waals surface area contributed by atoms with Gasteiger partial charge in [-0.25, -0.2) is 0 Å². The first kappa shape index (κ1) is 18.5. The Kier molecular flexibility index (Phi) is 7.11. The molecular weight excluding hydrogens is 318 g/mol. The molecule has 2 aliphatic heterocycles. The van der Waals surface area contributed by atoms with Gasteiger partial charge in [-0.15, -0.1) is 12.4 Å². The molecule has 0 radical (unpaired) electrons. The van der Waals surface area contributed by atoms with Crippen LogP contribution >= 0.6 is 12.4 Å². The Bertz CT molecular complexity index is 411. The van der Waals surface area contributed by atoms with Gasteiger partial charge >= 0.3 is 0 Å². The fourth-order valence-electron chi connectivity index (χ4n) is 3.41. The van der Waals surface area contributed by atoms with Crippen molar-refractivity contribution < 1.29 is 14.3 Å². The van der Waals surface area contributed by atoms with Gasteiger partial charge in [0.1, 0.15) is 0 Å². The molecule has 1 aliphatic carbocycles. The predicted octanol–water partition coefficient (Wildman–Crippen LogP) is 0.694. The zero-order valence-corrected chi connectivity index (χ0v) is 14.4. The van der Waals surface area contributed by atoms with Gasteiger partial charge in [0, 0.05) is 32.8 Å². The van der Waals surface area contributed by atoms with Gasteiger partial charge in [0.15, 0.2) is 0 Å². The second-order valence-corrected chi connectivity index (χ2v) is 6.73. The monoisotopic (exact) mass is 345 g/mol. The summed E-state index contributed by atoms with van der Waals surface area (Å²) >= 11 is 0. The highest BCUT2D eigenvalue weighted by molar-refractivity contribution is 5.89. The number of nitrogens with one attached hydrogen (secondary N) is 2. The summed E-state index contributed by atoms with van der Waals surface area (Å²) in [7, 11) is 0. The Balaban J connectivity index is 0.00000192. The van der Waals surface area contributed by atoms with Crippen LogP contribution in [0.15, 0.2) is 0 Å². The number of carbonyl (C=O) groups excluding carboxylic acids is 2. The van der Waals surface area contributed by atoms with E-state index in [9.17, 15) is 9.59 Å². The lowest BCUT2D eigenvalue weighted by Gasteiger charge is -2.37. The molecule has 2 unspecified atom stereocenters. The van der Waals surface area contributed by atoms with Crippen LogP contribution in [0.25, 0.3) is 0 Å². The molecule has 2 saturated heterocycles. The summed E-state index contributed by atoms with van der Waals surface area (Å²) in [5.41, 5.74) is 0. The van der Waals surface area contributed by atoms with E-state index in [4.69, 9.17) is 4.74 Å². The van der Waals surface area contributed by atoms with Gasteiger partial charge in [-0.1, -0.05) is 6.42 Å². The predicted molar refractivity (Wildman–Crippen MR) is 89.6 cm³/mol. The van der Waals surface area contributed by atoms with Crippen molar-refractivity contribution in [2.24, 2.45) is 5.92 Å². The van der Waals surface area contributed by atoms with Crippen molar-refractivity contribution in [2.75, 3.05) is 32.8 Å². The molecule has 2 heterocycles. The summed E-state index contributed by atoms with van der Waals surface area (Å²) in [6, 6.07) is -0.363. The van der Waals surface area contributed by atoms with Gasteiger partial charge in [-0.05, 0) is 31.6 Å². The number of halogens is 1. The largest absolute Gasteiger partial charge is 0.376 e. The average Bonchev–Trinajstić information content (AvgIpc) is 2.97. The van der Waals surface area contributed by atoms with Crippen LogP contribution in [-0.2, 0) is 14.3 Å². The molecule has 2 atom stereocenters. The van der Waals surface area contributed by atoms with E-state index < -0.39 is 0 Å². The molecule has 3 fully saturated rings. The standard InChI is InChI=1S/C16H27N3O3.ClH/c20-15(18-10-13-5-2-8-22-13)9-14-16(21)19(7-6-17-14)11-12-3-1-4-12;/h12-14,17H,1-11H2,(H,18,20);1H. The van der Waals surface area contributed by atoms with Gasteiger partial charge in [0.05, 0.1) is 18.6 Å². The fraction of sp³-hybridized carbons (Fsp3) is 0.875. The molecule has 0 spiro atoms. The topological polar surface area (TPSA) is 70.7 Å². The molecule has 2 N–H and O–H groups in total. The van der Waals surface area contributed by atoms with E-state index in [1.807, 2.05) is 4.90 Å². The van der Waals surface area contributed by atoms with Gasteiger partial charge in [0.25, 0.3) is 0 Å². The first-order valence-electron chi connectivity index (χ1n) is 8.63. The van der Waals surface area contributed by atoms with Crippen molar-refractivity contribution in [1.82, 2.24) is 15.5 Å². The maximum Gasteiger partial charge on any atom is 0.240 e. The highest BCUT2D eigenvalue weighted by atomic mass is 35.5. The summed E-state index contributed by atoms with van der Waals surface area (Å²) in [6.07, 6.45) is 6.23. The van der Waals surface area contributed by atoms with E-state index in [1.54, 1.807) is 0 Å². The second-order valence-electron chi connectivity index (χ2n) is 6.73. The molecule has 0 aromatic heterocycles. The smallest absolute Gasteiger partial charge is 0.240 e. The number of nitrogens with zero attached hydrogens (tertiary/aromatic N) is 1. The van der Waals surface area contributed by atoms with E-state index in [2.05, 4.69) is 10.6 Å². The van der Waals surface area contributed by atoms with Crippen LogP contribution in [0.5, 0.6) is 0 Å². The number of hydrogen-bond acceptors (Lipinski definition) is 4. The minimum absolute atomic E-state index is 0. The van der Waals surface area contributed by atoms with Gasteiger partial charge in [0.2, 0.25) is 11.8 Å². The Morgan fingerprint density at radius 1 is 1.30 bits per heavy atom. The molecule has 2 amide bonds. The minimum Gasteiger partial charge on any atom is -0.376 e. The number of amides is 2. The molecule has 23 heavy (non-hydrogen) atoms. The molecule has 0 bridgehead atoms. The Hall–Kier alpha value is -0.850. The molecule has 0 aromatic carbocycles. The molecule has 6 nitrogen and oxygen atoms in total. The maximum absolute atomic E-state index is 12.5. The van der Waals surface area contributed by atoms with Crippen LogP contribution < -0.4 is 10.6 Å². The molecule has 3 aliphatic rings. The summed E-state index contributed by atoms with van der Waals surface area (Å²) < 4.78 is 5.49. The number of rotatable bonds is 6. The number of carbonyl (C=O) groups is 2. The SMILES string of the molecule is Cl.O=C(CC1NCCN(CC2CCC2)C1=O)NCC1CCCO1. The van der Waals surface area contributed by atoms with Crippen molar-refractivity contribution in [2.45, 2.75) is 50.7 Å². The van der Waals surface area contributed by atoms with Gasteiger partial charge < -0.3 is 20.3 Å². The number of hydrogen-bond donors (Lipinski definition) is 2. The van der Waals surface area contributed by atoms with Crippen LogP contribution in [0.2, 0.25) is 0 Å². The Morgan fingerprint density at radius 3 is 2.78 bits per heavy atom. The van der Waals surface area contributed by atoms with Crippen LogP contribution in [0.4, 0.5) is 0 Å². The lowest BCUT2D eigenvalue weighted by Crippen LogP contribution is -2.57. The number of ether oxygens (including phenoxy) is 1. The van der Waals surface area contributed by atoms with E-state index in [-0.39, 0.29) is 42.8 Å². The second kappa shape index (κ2) is 8.85. The van der Waals surface area contributed by atoms with Gasteiger partial charge in [-0.3, -0.25) is 9.59 Å². The van der Waals surface area contributed by atoms with Crippen molar-refractivity contribution in [3.8, 4) is 0 Å². The Labute approximate surface area is 144 Å². The first-order chi connectivity index (χ1) is 10.7. The summed E-state index contributed by atoms with van der Waals surface area (Å²) in [4.78, 5) is 26.4. The lowest BCUT2D eigenvalue weighted by molar-refractivity contribution is -0.139. The summed E-state index contributed by atoms with van der Waals surface area (Å²) in [6.45, 7) is 3.77. The minimum atomic E-state index is -0.363. The Morgan fingerprint density at radius 2 is 2.13 bits per heavy atom. The van der Waals surface area contributed by atoms with Crippen LogP contribution in [0.1, 0.15) is 38.5 Å². The fourth-order valence-corrected chi connectivity index (χ4v) is 3.41. The van der Waals surface area contributed by atoms with Crippen molar-refractivity contribution >= 4 is 24.2 Å². The van der Waals surface area contributed by atoms with Crippen LogP contribution in [-0.4, -0.2) is 61.6 Å². The molecule has 1 saturated carbocycles. The molecule has 132 valence electrons. The zero-order valence-electron chi connectivity index (χ0n) is 13.6. The quantitative estimate of drug-likeness (QED) is 0.743. The lowest BCUT2D eigenvalue weighted by atomic mass is 9.85. The third-order valence-electron chi connectivity index (χ3n) is 5.03. The molecular formula is C16H28ClN3O3. The average molecular weight is 346 g/mol. The van der Waals surface area contributed by atoms with Crippen LogP contribution in [0.3, 0.4) is 0 Å². The van der Waals surface area contributed by atoms with E-state index in [0.717, 1.165) is 39.1 Å². The summed E-state index contributed by atoms with van der Waals surface area (Å²) in [5, 5.41) is 6.08. The molecule has 7 heteroatoms. The highest BCUT2D eigenvalue weighted by Gasteiger charge is 2.32. The molecule has 3 rings (SSSR count). The van der Waals surface area contributed by atoms with E-state index >= 15 is 0 Å². The van der Waals surface area contributed by atoms with Crippen LogP contribution in [0, 0.1) is 5.92 Å². The zero-order chi connectivity index (χ0) is 15.4.